The fourth-order valence-corrected chi connectivity index (χ4v) is 1.98. The molecule has 2 aromatic carbocycles. The van der Waals surface area contributed by atoms with E-state index in [-0.39, 0.29) is 5.69 Å². The van der Waals surface area contributed by atoms with Crippen LogP contribution in [0.1, 0.15) is 5.56 Å². The van der Waals surface area contributed by atoms with E-state index < -0.39 is 4.92 Å². The van der Waals surface area contributed by atoms with E-state index >= 15 is 0 Å². The van der Waals surface area contributed by atoms with Crippen LogP contribution in [0.15, 0.2) is 46.9 Å². The zero-order valence-corrected chi connectivity index (χ0v) is 11.5. The molecule has 6 heteroatoms. The molecule has 0 aliphatic heterocycles. The van der Waals surface area contributed by atoms with Gasteiger partial charge >= 0.3 is 0 Å². The lowest BCUT2D eigenvalue weighted by atomic mass is 10.2. The van der Waals surface area contributed by atoms with E-state index in [1.165, 1.54) is 12.1 Å². The van der Waals surface area contributed by atoms with Gasteiger partial charge in [0.1, 0.15) is 11.5 Å². The highest BCUT2D eigenvalue weighted by atomic mass is 79.9. The standard InChI is InChI=1S/C13H11BrN2O3/c14-10-1-6-13(9(7-10)8-15)19-12-4-2-11(3-5-12)16(17)18/h1-7H,8,15H2. The van der Waals surface area contributed by atoms with Gasteiger partial charge in [-0.3, -0.25) is 10.1 Å². The molecule has 0 unspecified atom stereocenters. The van der Waals surface area contributed by atoms with E-state index in [9.17, 15) is 10.1 Å². The number of halogens is 1. The quantitative estimate of drug-likeness (QED) is 0.689. The van der Waals surface area contributed by atoms with Gasteiger partial charge in [-0.05, 0) is 30.3 Å². The van der Waals surface area contributed by atoms with E-state index in [4.69, 9.17) is 10.5 Å². The molecule has 0 saturated carbocycles. The monoisotopic (exact) mass is 322 g/mol. The van der Waals surface area contributed by atoms with Gasteiger partial charge in [0.15, 0.2) is 0 Å². The average Bonchev–Trinajstić information content (AvgIpc) is 2.41. The molecule has 0 amide bonds. The largest absolute Gasteiger partial charge is 0.457 e. The maximum atomic E-state index is 10.6. The zero-order chi connectivity index (χ0) is 13.8. The minimum Gasteiger partial charge on any atom is -0.457 e. The normalized spacial score (nSPS) is 10.2. The van der Waals surface area contributed by atoms with Crippen molar-refractivity contribution in [2.75, 3.05) is 0 Å². The molecule has 19 heavy (non-hydrogen) atoms. The third-order valence-electron chi connectivity index (χ3n) is 2.52. The lowest BCUT2D eigenvalue weighted by Gasteiger charge is -2.10. The zero-order valence-electron chi connectivity index (χ0n) is 9.88. The van der Waals surface area contributed by atoms with Crippen LogP contribution in [0, 0.1) is 10.1 Å². The number of rotatable bonds is 4. The van der Waals surface area contributed by atoms with Crippen LogP contribution in [0.4, 0.5) is 5.69 Å². The Balaban J connectivity index is 2.23. The third-order valence-corrected chi connectivity index (χ3v) is 3.01. The average molecular weight is 323 g/mol. The number of benzene rings is 2. The highest BCUT2D eigenvalue weighted by Gasteiger charge is 2.07. The molecular weight excluding hydrogens is 312 g/mol. The molecule has 0 aromatic heterocycles. The summed E-state index contributed by atoms with van der Waals surface area (Å²) in [7, 11) is 0. The number of nitro benzene ring substituents is 1. The van der Waals surface area contributed by atoms with Crippen LogP contribution in [0.5, 0.6) is 11.5 Å². The first-order chi connectivity index (χ1) is 9.10. The number of hydrogen-bond donors (Lipinski definition) is 1. The summed E-state index contributed by atoms with van der Waals surface area (Å²) in [4.78, 5) is 10.1. The van der Waals surface area contributed by atoms with Gasteiger partial charge in [-0.1, -0.05) is 15.9 Å². The number of nitrogens with two attached hydrogens (primary N) is 1. The summed E-state index contributed by atoms with van der Waals surface area (Å²) in [5.74, 6) is 1.17. The van der Waals surface area contributed by atoms with Crippen molar-refractivity contribution in [1.29, 1.82) is 0 Å². The predicted molar refractivity (Wildman–Crippen MR) is 75.2 cm³/mol. The van der Waals surface area contributed by atoms with Gasteiger partial charge in [0.2, 0.25) is 0 Å². The van der Waals surface area contributed by atoms with Crippen molar-refractivity contribution < 1.29 is 9.66 Å². The molecule has 0 bridgehead atoms. The van der Waals surface area contributed by atoms with Crippen LogP contribution >= 0.6 is 15.9 Å². The van der Waals surface area contributed by atoms with Gasteiger partial charge in [0.25, 0.3) is 5.69 Å². The van der Waals surface area contributed by atoms with Crippen LogP contribution in [-0.4, -0.2) is 4.92 Å². The van der Waals surface area contributed by atoms with Gasteiger partial charge < -0.3 is 10.5 Å². The van der Waals surface area contributed by atoms with Crippen molar-refractivity contribution >= 4 is 21.6 Å². The number of ether oxygens (including phenoxy) is 1. The first-order valence-corrected chi connectivity index (χ1v) is 6.30. The Hall–Kier alpha value is -1.92. The van der Waals surface area contributed by atoms with E-state index in [0.717, 1.165) is 10.0 Å². The molecule has 2 rings (SSSR count). The SMILES string of the molecule is NCc1cc(Br)ccc1Oc1ccc([N+](=O)[O-])cc1. The first-order valence-electron chi connectivity index (χ1n) is 5.51. The second-order valence-electron chi connectivity index (χ2n) is 3.81. The molecular formula is C13H11BrN2O3. The molecule has 0 spiro atoms. The molecule has 0 fully saturated rings. The Morgan fingerprint density at radius 1 is 1.21 bits per heavy atom. The van der Waals surface area contributed by atoms with Gasteiger partial charge in [-0.25, -0.2) is 0 Å². The molecule has 98 valence electrons. The van der Waals surface area contributed by atoms with E-state index in [1.807, 2.05) is 12.1 Å². The second kappa shape index (κ2) is 5.81. The Kier molecular flexibility index (Phi) is 4.13. The minimum atomic E-state index is -0.450. The van der Waals surface area contributed by atoms with Crippen LogP contribution in [-0.2, 0) is 6.54 Å². The summed E-state index contributed by atoms with van der Waals surface area (Å²) in [6.45, 7) is 0.349. The van der Waals surface area contributed by atoms with Crippen molar-refractivity contribution in [3.05, 3.63) is 62.6 Å². The fourth-order valence-electron chi connectivity index (χ4n) is 1.57. The highest BCUT2D eigenvalue weighted by Crippen LogP contribution is 2.28. The molecule has 0 atom stereocenters. The summed E-state index contributed by atoms with van der Waals surface area (Å²) < 4.78 is 6.59. The van der Waals surface area contributed by atoms with Crippen molar-refractivity contribution in [1.82, 2.24) is 0 Å². The molecule has 0 radical (unpaired) electrons. The molecule has 0 aliphatic rings. The second-order valence-corrected chi connectivity index (χ2v) is 4.72. The highest BCUT2D eigenvalue weighted by molar-refractivity contribution is 9.10. The minimum absolute atomic E-state index is 0.0298. The molecule has 2 N–H and O–H groups in total. The van der Waals surface area contributed by atoms with Crippen molar-refractivity contribution in [2.24, 2.45) is 5.73 Å². The Morgan fingerprint density at radius 3 is 2.47 bits per heavy atom. The van der Waals surface area contributed by atoms with Gasteiger partial charge in [0.05, 0.1) is 4.92 Å². The van der Waals surface area contributed by atoms with Crippen molar-refractivity contribution in [2.45, 2.75) is 6.54 Å². The topological polar surface area (TPSA) is 78.4 Å². The van der Waals surface area contributed by atoms with Gasteiger partial charge in [-0.15, -0.1) is 0 Å². The molecule has 0 heterocycles. The predicted octanol–water partition coefficient (Wildman–Crippen LogP) is 3.61. The maximum Gasteiger partial charge on any atom is 0.269 e. The maximum absolute atomic E-state index is 10.6. The molecule has 0 aliphatic carbocycles. The lowest BCUT2D eigenvalue weighted by molar-refractivity contribution is -0.384. The van der Waals surface area contributed by atoms with Gasteiger partial charge in [-0.2, -0.15) is 0 Å². The molecule has 5 nitrogen and oxygen atoms in total. The smallest absolute Gasteiger partial charge is 0.269 e. The summed E-state index contributed by atoms with van der Waals surface area (Å²) in [5, 5.41) is 10.6. The number of nitrogens with zero attached hydrogens (tertiary/aromatic N) is 1. The number of nitro groups is 1. The summed E-state index contributed by atoms with van der Waals surface area (Å²) in [5.41, 5.74) is 6.53. The van der Waals surface area contributed by atoms with Crippen LogP contribution in [0.3, 0.4) is 0 Å². The summed E-state index contributed by atoms with van der Waals surface area (Å²) in [6, 6.07) is 11.4. The van der Waals surface area contributed by atoms with Crippen molar-refractivity contribution in [3.63, 3.8) is 0 Å². The molecule has 2 aromatic rings. The van der Waals surface area contributed by atoms with Crippen LogP contribution in [0.25, 0.3) is 0 Å². The Morgan fingerprint density at radius 2 is 1.89 bits per heavy atom. The van der Waals surface area contributed by atoms with Crippen molar-refractivity contribution in [3.8, 4) is 11.5 Å². The van der Waals surface area contributed by atoms with E-state index in [2.05, 4.69) is 15.9 Å². The van der Waals surface area contributed by atoms with E-state index in [0.29, 0.717) is 18.0 Å². The number of non-ortho nitro benzene ring substituents is 1. The first kappa shape index (κ1) is 13.5. The van der Waals surface area contributed by atoms with Crippen LogP contribution < -0.4 is 10.5 Å². The lowest BCUT2D eigenvalue weighted by Crippen LogP contribution is -1.99. The fraction of sp³-hybridized carbons (Fsp3) is 0.0769. The summed E-state index contributed by atoms with van der Waals surface area (Å²) in [6.07, 6.45) is 0. The Labute approximate surface area is 118 Å². The Bertz CT molecular complexity index is 599. The molecule has 0 saturated heterocycles. The van der Waals surface area contributed by atoms with Crippen LogP contribution in [0.2, 0.25) is 0 Å². The summed E-state index contributed by atoms with van der Waals surface area (Å²) >= 11 is 3.36. The van der Waals surface area contributed by atoms with Gasteiger partial charge in [0, 0.05) is 28.7 Å². The van der Waals surface area contributed by atoms with E-state index in [1.54, 1.807) is 18.2 Å². The third kappa shape index (κ3) is 3.30. The number of hydrogen-bond acceptors (Lipinski definition) is 4.